The van der Waals surface area contributed by atoms with Gasteiger partial charge >= 0.3 is 6.09 Å². The Morgan fingerprint density at radius 1 is 1.09 bits per heavy atom. The summed E-state index contributed by atoms with van der Waals surface area (Å²) in [5, 5.41) is 11.7. The number of hydrogen-bond acceptors (Lipinski definition) is 3. The first-order valence-corrected chi connectivity index (χ1v) is 7.59. The third-order valence-corrected chi connectivity index (χ3v) is 3.31. The molecule has 0 saturated carbocycles. The van der Waals surface area contributed by atoms with E-state index in [0.717, 1.165) is 16.7 Å². The van der Waals surface area contributed by atoms with E-state index in [4.69, 9.17) is 9.84 Å². The van der Waals surface area contributed by atoms with Gasteiger partial charge in [-0.2, -0.15) is 0 Å². The van der Waals surface area contributed by atoms with Crippen molar-refractivity contribution in [1.29, 1.82) is 0 Å². The van der Waals surface area contributed by atoms with Gasteiger partial charge in [-0.25, -0.2) is 4.79 Å². The van der Waals surface area contributed by atoms with Gasteiger partial charge in [0.25, 0.3) is 0 Å². The van der Waals surface area contributed by atoms with Crippen molar-refractivity contribution >= 4 is 12.2 Å². The maximum atomic E-state index is 11.6. The summed E-state index contributed by atoms with van der Waals surface area (Å²) in [6.45, 7) is 0.770. The van der Waals surface area contributed by atoms with Crippen LogP contribution in [-0.2, 0) is 17.8 Å². The van der Waals surface area contributed by atoms with Gasteiger partial charge in [0, 0.05) is 13.2 Å². The molecule has 0 atom stereocenters. The van der Waals surface area contributed by atoms with Crippen LogP contribution >= 0.6 is 0 Å². The van der Waals surface area contributed by atoms with Crippen LogP contribution in [0.3, 0.4) is 0 Å². The van der Waals surface area contributed by atoms with Crippen LogP contribution in [0.25, 0.3) is 6.08 Å². The van der Waals surface area contributed by atoms with E-state index < -0.39 is 6.09 Å². The summed E-state index contributed by atoms with van der Waals surface area (Å²) in [4.78, 5) is 11.6. The Hall–Kier alpha value is -2.59. The summed E-state index contributed by atoms with van der Waals surface area (Å²) < 4.78 is 5.13. The second-order valence-corrected chi connectivity index (χ2v) is 5.02. The molecule has 0 fully saturated rings. The molecule has 2 rings (SSSR count). The maximum Gasteiger partial charge on any atom is 0.407 e. The molecule has 2 aromatic rings. The van der Waals surface area contributed by atoms with Crippen molar-refractivity contribution < 1.29 is 14.6 Å². The van der Waals surface area contributed by atoms with Gasteiger partial charge in [-0.15, -0.1) is 0 Å². The minimum absolute atomic E-state index is 0.120. The number of benzene rings is 2. The van der Waals surface area contributed by atoms with Crippen molar-refractivity contribution in [2.24, 2.45) is 0 Å². The topological polar surface area (TPSA) is 58.6 Å². The number of nitrogens with one attached hydrogen (secondary N) is 1. The average Bonchev–Trinajstić information content (AvgIpc) is 2.59. The van der Waals surface area contributed by atoms with E-state index in [1.807, 2.05) is 66.7 Å². The molecular weight excluding hydrogens is 290 g/mol. The fourth-order valence-corrected chi connectivity index (χ4v) is 2.15. The fourth-order valence-electron chi connectivity index (χ4n) is 2.15. The Morgan fingerprint density at radius 2 is 1.83 bits per heavy atom. The molecule has 0 spiro atoms. The first-order chi connectivity index (χ1) is 11.3. The molecule has 0 aliphatic carbocycles. The van der Waals surface area contributed by atoms with Crippen LogP contribution in [0.5, 0.6) is 0 Å². The van der Waals surface area contributed by atoms with Crippen LogP contribution in [-0.4, -0.2) is 24.4 Å². The largest absolute Gasteiger partial charge is 0.445 e. The normalized spacial score (nSPS) is 10.7. The van der Waals surface area contributed by atoms with Crippen molar-refractivity contribution in [3.63, 3.8) is 0 Å². The van der Waals surface area contributed by atoms with Crippen LogP contribution < -0.4 is 5.32 Å². The number of hydrogen-bond donors (Lipinski definition) is 2. The summed E-state index contributed by atoms with van der Waals surface area (Å²) in [6, 6.07) is 17.4. The van der Waals surface area contributed by atoms with Crippen molar-refractivity contribution in [2.45, 2.75) is 13.0 Å². The minimum Gasteiger partial charge on any atom is -0.445 e. The smallest absolute Gasteiger partial charge is 0.407 e. The lowest BCUT2D eigenvalue weighted by atomic mass is 10.0. The van der Waals surface area contributed by atoms with Crippen molar-refractivity contribution in [3.05, 3.63) is 77.4 Å². The Kier molecular flexibility index (Phi) is 6.88. The lowest BCUT2D eigenvalue weighted by Crippen LogP contribution is -2.24. The first kappa shape index (κ1) is 16.8. The van der Waals surface area contributed by atoms with Crippen LogP contribution in [0.1, 0.15) is 16.7 Å². The Labute approximate surface area is 136 Å². The van der Waals surface area contributed by atoms with Gasteiger partial charge in [0.2, 0.25) is 0 Å². The highest BCUT2D eigenvalue weighted by Gasteiger charge is 2.01. The lowest BCUT2D eigenvalue weighted by molar-refractivity contribution is 0.141. The van der Waals surface area contributed by atoms with Crippen LogP contribution in [0.2, 0.25) is 0 Å². The average molecular weight is 311 g/mol. The van der Waals surface area contributed by atoms with E-state index in [0.29, 0.717) is 13.0 Å². The molecule has 0 aliphatic rings. The third-order valence-electron chi connectivity index (χ3n) is 3.31. The second kappa shape index (κ2) is 9.43. The van der Waals surface area contributed by atoms with Crippen molar-refractivity contribution in [1.82, 2.24) is 5.32 Å². The summed E-state index contributed by atoms with van der Waals surface area (Å²) in [5.74, 6) is 0. The quantitative estimate of drug-likeness (QED) is 0.826. The zero-order chi connectivity index (χ0) is 16.3. The van der Waals surface area contributed by atoms with Gasteiger partial charge in [-0.05, 0) is 23.1 Å². The molecule has 0 saturated heterocycles. The summed E-state index contributed by atoms with van der Waals surface area (Å²) >= 11 is 0. The Balaban J connectivity index is 1.75. The molecule has 0 radical (unpaired) electrons. The molecule has 2 N–H and O–H groups in total. The number of aliphatic hydroxyl groups is 1. The molecule has 0 bridgehead atoms. The molecule has 0 aromatic heterocycles. The van der Waals surface area contributed by atoms with E-state index in [1.54, 1.807) is 0 Å². The Bertz CT molecular complexity index is 638. The zero-order valence-electron chi connectivity index (χ0n) is 12.9. The van der Waals surface area contributed by atoms with Crippen molar-refractivity contribution in [3.8, 4) is 0 Å². The van der Waals surface area contributed by atoms with E-state index in [1.165, 1.54) is 0 Å². The SMILES string of the molecule is O=C(NCC=Cc1ccccc1CCO)OCc1ccccc1. The van der Waals surface area contributed by atoms with Gasteiger partial charge in [0.15, 0.2) is 0 Å². The standard InChI is InChI=1S/C19H21NO3/c21-14-12-18-10-5-4-9-17(18)11-6-13-20-19(22)23-15-16-7-2-1-3-8-16/h1-11,21H,12-15H2,(H,20,22). The van der Waals surface area contributed by atoms with Crippen molar-refractivity contribution in [2.75, 3.05) is 13.2 Å². The number of ether oxygens (including phenoxy) is 1. The number of carbonyl (C=O) groups is 1. The van der Waals surface area contributed by atoms with Gasteiger partial charge in [0.05, 0.1) is 0 Å². The van der Waals surface area contributed by atoms with Crippen LogP contribution in [0.15, 0.2) is 60.7 Å². The highest BCUT2D eigenvalue weighted by atomic mass is 16.5. The molecule has 120 valence electrons. The fraction of sp³-hybridized carbons (Fsp3) is 0.211. The van der Waals surface area contributed by atoms with E-state index >= 15 is 0 Å². The zero-order valence-corrected chi connectivity index (χ0v) is 12.9. The highest BCUT2D eigenvalue weighted by molar-refractivity contribution is 5.67. The predicted molar refractivity (Wildman–Crippen MR) is 90.9 cm³/mol. The van der Waals surface area contributed by atoms with Crippen LogP contribution in [0.4, 0.5) is 4.79 Å². The first-order valence-electron chi connectivity index (χ1n) is 7.59. The number of aliphatic hydroxyl groups excluding tert-OH is 1. The predicted octanol–water partition coefficient (Wildman–Crippen LogP) is 3.16. The summed E-state index contributed by atoms with van der Waals surface area (Å²) in [6.07, 6.45) is 3.97. The molecule has 0 heterocycles. The van der Waals surface area contributed by atoms with Gasteiger partial charge < -0.3 is 15.2 Å². The third kappa shape index (κ3) is 5.96. The molecule has 0 unspecified atom stereocenters. The maximum absolute atomic E-state index is 11.6. The van der Waals surface area contributed by atoms with E-state index in [-0.39, 0.29) is 13.2 Å². The van der Waals surface area contributed by atoms with Gasteiger partial charge in [-0.1, -0.05) is 66.7 Å². The number of amides is 1. The molecule has 4 heteroatoms. The number of carbonyl (C=O) groups excluding carboxylic acids is 1. The number of rotatable bonds is 7. The lowest BCUT2D eigenvalue weighted by Gasteiger charge is -2.06. The molecule has 23 heavy (non-hydrogen) atoms. The van der Waals surface area contributed by atoms with E-state index in [2.05, 4.69) is 5.32 Å². The highest BCUT2D eigenvalue weighted by Crippen LogP contribution is 2.11. The number of alkyl carbamates (subject to hydrolysis) is 1. The van der Waals surface area contributed by atoms with E-state index in [9.17, 15) is 4.79 Å². The second-order valence-electron chi connectivity index (χ2n) is 5.02. The molecule has 2 aromatic carbocycles. The van der Waals surface area contributed by atoms with Crippen LogP contribution in [0, 0.1) is 0 Å². The van der Waals surface area contributed by atoms with Gasteiger partial charge in [-0.3, -0.25) is 0 Å². The molecule has 0 aliphatic heterocycles. The minimum atomic E-state index is -0.442. The summed E-state index contributed by atoms with van der Waals surface area (Å²) in [7, 11) is 0. The van der Waals surface area contributed by atoms with Gasteiger partial charge in [0.1, 0.15) is 6.61 Å². The molecule has 4 nitrogen and oxygen atoms in total. The molecule has 1 amide bonds. The summed E-state index contributed by atoms with van der Waals surface area (Å²) in [5.41, 5.74) is 3.08. The Morgan fingerprint density at radius 3 is 2.61 bits per heavy atom. The monoisotopic (exact) mass is 311 g/mol. The molecular formula is C19H21NO3.